The fraction of sp³-hybridized carbons (Fsp3) is 0.333. The normalized spacial score (nSPS) is 15.4. The molecule has 0 spiro atoms. The molecule has 1 aliphatic rings. The van der Waals surface area contributed by atoms with Crippen LogP contribution < -0.4 is 14.9 Å². The summed E-state index contributed by atoms with van der Waals surface area (Å²) in [6.07, 6.45) is 1.70. The van der Waals surface area contributed by atoms with Crippen molar-refractivity contribution in [2.75, 3.05) is 29.9 Å². The van der Waals surface area contributed by atoms with E-state index in [-0.39, 0.29) is 16.7 Å². The average molecular weight is 429 g/mol. The summed E-state index contributed by atoms with van der Waals surface area (Å²) in [6.45, 7) is 3.33. The molecule has 2 N–H and O–H groups in total. The van der Waals surface area contributed by atoms with Gasteiger partial charge in [0.2, 0.25) is 15.9 Å². The number of para-hydroxylation sites is 2. The van der Waals surface area contributed by atoms with Crippen molar-refractivity contribution in [2.45, 2.75) is 24.7 Å². The molecule has 0 bridgehead atoms. The third kappa shape index (κ3) is 4.63. The minimum Gasteiger partial charge on any atom is -0.423 e. The first kappa shape index (κ1) is 20.4. The molecule has 2 heterocycles. The molecule has 0 saturated carbocycles. The van der Waals surface area contributed by atoms with Gasteiger partial charge in [-0.3, -0.25) is 4.79 Å². The zero-order valence-electron chi connectivity index (χ0n) is 16.7. The van der Waals surface area contributed by atoms with Gasteiger partial charge in [-0.2, -0.15) is 4.98 Å². The van der Waals surface area contributed by atoms with Crippen LogP contribution >= 0.6 is 0 Å². The molecule has 0 atom stereocenters. The SMILES string of the molecule is CC(=O)Nc1ccc(S(=O)(=O)NCC2CCN(c3nc4ccccc4o3)CC2)cc1. The van der Waals surface area contributed by atoms with Gasteiger partial charge in [0.05, 0.1) is 4.90 Å². The molecule has 3 aromatic rings. The minimum atomic E-state index is -3.60. The zero-order valence-corrected chi connectivity index (χ0v) is 17.5. The van der Waals surface area contributed by atoms with Crippen molar-refractivity contribution in [1.82, 2.24) is 9.71 Å². The number of hydrogen-bond donors (Lipinski definition) is 2. The highest BCUT2D eigenvalue weighted by atomic mass is 32.2. The summed E-state index contributed by atoms with van der Waals surface area (Å²) in [7, 11) is -3.60. The molecule has 30 heavy (non-hydrogen) atoms. The Hall–Kier alpha value is -2.91. The summed E-state index contributed by atoms with van der Waals surface area (Å²) in [6, 6.07) is 14.4. The van der Waals surface area contributed by atoms with E-state index in [1.165, 1.54) is 19.1 Å². The molecule has 0 unspecified atom stereocenters. The number of fused-ring (bicyclic) bond motifs is 1. The number of oxazole rings is 1. The molecular weight excluding hydrogens is 404 g/mol. The van der Waals surface area contributed by atoms with Gasteiger partial charge in [0.1, 0.15) is 5.52 Å². The van der Waals surface area contributed by atoms with Crippen molar-refractivity contribution in [3.05, 3.63) is 48.5 Å². The number of carbonyl (C=O) groups is 1. The monoisotopic (exact) mass is 428 g/mol. The van der Waals surface area contributed by atoms with Crippen LogP contribution in [0.4, 0.5) is 11.7 Å². The summed E-state index contributed by atoms with van der Waals surface area (Å²) in [5.74, 6) is 0.0481. The number of nitrogens with zero attached hydrogens (tertiary/aromatic N) is 2. The van der Waals surface area contributed by atoms with E-state index >= 15 is 0 Å². The average Bonchev–Trinajstić information content (AvgIpc) is 3.17. The smallest absolute Gasteiger partial charge is 0.298 e. The number of rotatable bonds is 6. The number of sulfonamides is 1. The molecule has 2 aromatic carbocycles. The van der Waals surface area contributed by atoms with Crippen LogP contribution in [0.5, 0.6) is 0 Å². The van der Waals surface area contributed by atoms with Crippen LogP contribution in [0.25, 0.3) is 11.1 Å². The lowest BCUT2D eigenvalue weighted by Crippen LogP contribution is -2.38. The van der Waals surface area contributed by atoms with Gasteiger partial charge in [0.25, 0.3) is 6.01 Å². The standard InChI is InChI=1S/C21H24N4O4S/c1-15(26)23-17-6-8-18(9-7-17)30(27,28)22-14-16-10-12-25(13-11-16)21-24-19-4-2-3-5-20(19)29-21/h2-9,16,22H,10-14H2,1H3,(H,23,26). The van der Waals surface area contributed by atoms with E-state index in [9.17, 15) is 13.2 Å². The van der Waals surface area contributed by atoms with E-state index in [0.29, 0.717) is 18.2 Å². The fourth-order valence-corrected chi connectivity index (χ4v) is 4.67. The number of aromatic nitrogens is 1. The topological polar surface area (TPSA) is 105 Å². The van der Waals surface area contributed by atoms with E-state index in [2.05, 4.69) is 19.9 Å². The number of carbonyl (C=O) groups excluding carboxylic acids is 1. The van der Waals surface area contributed by atoms with E-state index < -0.39 is 10.0 Å². The molecule has 9 heteroatoms. The maximum atomic E-state index is 12.6. The summed E-state index contributed by atoms with van der Waals surface area (Å²) >= 11 is 0. The number of nitrogens with one attached hydrogen (secondary N) is 2. The Morgan fingerprint density at radius 1 is 1.13 bits per heavy atom. The van der Waals surface area contributed by atoms with Crippen LogP contribution in [0.15, 0.2) is 57.8 Å². The van der Waals surface area contributed by atoms with Gasteiger partial charge in [-0.05, 0) is 55.2 Å². The number of piperidine rings is 1. The summed E-state index contributed by atoms with van der Waals surface area (Å²) in [5.41, 5.74) is 2.17. The largest absolute Gasteiger partial charge is 0.423 e. The number of benzene rings is 2. The predicted octanol–water partition coefficient (Wildman–Crippen LogP) is 2.98. The highest BCUT2D eigenvalue weighted by Gasteiger charge is 2.24. The first-order valence-corrected chi connectivity index (χ1v) is 11.4. The first-order chi connectivity index (χ1) is 14.4. The lowest BCUT2D eigenvalue weighted by atomic mass is 9.97. The van der Waals surface area contributed by atoms with Gasteiger partial charge in [0, 0.05) is 32.2 Å². The maximum Gasteiger partial charge on any atom is 0.298 e. The Labute approximate surface area is 175 Å². The molecule has 4 rings (SSSR count). The van der Waals surface area contributed by atoms with Crippen LogP contribution in [-0.2, 0) is 14.8 Å². The van der Waals surface area contributed by atoms with Gasteiger partial charge < -0.3 is 14.6 Å². The second-order valence-electron chi connectivity index (χ2n) is 7.45. The quantitative estimate of drug-likeness (QED) is 0.625. The van der Waals surface area contributed by atoms with Crippen molar-refractivity contribution >= 4 is 38.7 Å². The summed E-state index contributed by atoms with van der Waals surface area (Å²) in [4.78, 5) is 17.9. The molecule has 158 valence electrons. The van der Waals surface area contributed by atoms with Crippen molar-refractivity contribution in [1.29, 1.82) is 0 Å². The molecule has 1 fully saturated rings. The Kier molecular flexibility index (Phi) is 5.74. The Morgan fingerprint density at radius 2 is 1.83 bits per heavy atom. The number of amides is 1. The summed E-state index contributed by atoms with van der Waals surface area (Å²) < 4.78 is 33.7. The molecule has 0 radical (unpaired) electrons. The molecule has 1 aromatic heterocycles. The lowest BCUT2D eigenvalue weighted by Gasteiger charge is -2.30. The number of anilines is 2. The third-order valence-corrected chi connectivity index (χ3v) is 6.65. The van der Waals surface area contributed by atoms with E-state index in [0.717, 1.165) is 37.0 Å². The zero-order chi connectivity index (χ0) is 21.1. The fourth-order valence-electron chi connectivity index (χ4n) is 3.56. The van der Waals surface area contributed by atoms with Crippen LogP contribution in [0, 0.1) is 5.92 Å². The Morgan fingerprint density at radius 3 is 2.50 bits per heavy atom. The lowest BCUT2D eigenvalue weighted by molar-refractivity contribution is -0.114. The van der Waals surface area contributed by atoms with Crippen molar-refractivity contribution < 1.29 is 17.6 Å². The molecular formula is C21H24N4O4S. The molecule has 1 saturated heterocycles. The van der Waals surface area contributed by atoms with Crippen LogP contribution in [0.1, 0.15) is 19.8 Å². The van der Waals surface area contributed by atoms with E-state index in [1.807, 2.05) is 24.3 Å². The van der Waals surface area contributed by atoms with Gasteiger partial charge in [-0.25, -0.2) is 13.1 Å². The highest BCUT2D eigenvalue weighted by molar-refractivity contribution is 7.89. The molecule has 1 aliphatic heterocycles. The van der Waals surface area contributed by atoms with Gasteiger partial charge in [-0.15, -0.1) is 0 Å². The molecule has 0 aliphatic carbocycles. The van der Waals surface area contributed by atoms with Gasteiger partial charge in [-0.1, -0.05) is 12.1 Å². The second kappa shape index (κ2) is 8.45. The number of hydrogen-bond acceptors (Lipinski definition) is 6. The molecule has 1 amide bonds. The van der Waals surface area contributed by atoms with Crippen LogP contribution in [-0.4, -0.2) is 38.9 Å². The van der Waals surface area contributed by atoms with Crippen LogP contribution in [0.2, 0.25) is 0 Å². The van der Waals surface area contributed by atoms with Gasteiger partial charge in [0.15, 0.2) is 5.58 Å². The Balaban J connectivity index is 1.31. The third-order valence-electron chi connectivity index (χ3n) is 5.21. The maximum absolute atomic E-state index is 12.6. The van der Waals surface area contributed by atoms with E-state index in [1.54, 1.807) is 12.1 Å². The summed E-state index contributed by atoms with van der Waals surface area (Å²) in [5, 5.41) is 2.62. The Bertz CT molecular complexity index is 1100. The molecule has 8 nitrogen and oxygen atoms in total. The minimum absolute atomic E-state index is 0.181. The van der Waals surface area contributed by atoms with Gasteiger partial charge >= 0.3 is 0 Å². The highest BCUT2D eigenvalue weighted by Crippen LogP contribution is 2.26. The predicted molar refractivity (Wildman–Crippen MR) is 115 cm³/mol. The van der Waals surface area contributed by atoms with Crippen molar-refractivity contribution in [3.8, 4) is 0 Å². The second-order valence-corrected chi connectivity index (χ2v) is 9.22. The van der Waals surface area contributed by atoms with Crippen LogP contribution in [0.3, 0.4) is 0 Å². The van der Waals surface area contributed by atoms with Crippen molar-refractivity contribution in [3.63, 3.8) is 0 Å². The first-order valence-electron chi connectivity index (χ1n) is 9.88. The van der Waals surface area contributed by atoms with E-state index in [4.69, 9.17) is 4.42 Å². The van der Waals surface area contributed by atoms with Crippen molar-refractivity contribution in [2.24, 2.45) is 5.92 Å².